The predicted molar refractivity (Wildman–Crippen MR) is 76.5 cm³/mol. The molecule has 24 heavy (non-hydrogen) atoms. The van der Waals surface area contributed by atoms with Crippen LogP contribution in [0.5, 0.6) is 5.75 Å². The Morgan fingerprint density at radius 2 is 1.62 bits per heavy atom. The van der Waals surface area contributed by atoms with E-state index in [0.717, 1.165) is 6.21 Å². The number of benzene rings is 2. The monoisotopic (exact) mass is 347 g/mol. The van der Waals surface area contributed by atoms with Crippen molar-refractivity contribution in [2.75, 3.05) is 0 Å². The van der Waals surface area contributed by atoms with E-state index in [9.17, 15) is 31.4 Å². The van der Waals surface area contributed by atoms with Crippen LogP contribution in [0.3, 0.4) is 0 Å². The Morgan fingerprint density at radius 1 is 0.958 bits per heavy atom. The van der Waals surface area contributed by atoms with Gasteiger partial charge in [0.25, 0.3) is 0 Å². The number of para-hydroxylation sites is 1. The van der Waals surface area contributed by atoms with Crippen molar-refractivity contribution in [3.8, 4) is 5.75 Å². The maximum Gasteiger partial charge on any atom is 0.418 e. The fourth-order valence-corrected chi connectivity index (χ4v) is 1.98. The van der Waals surface area contributed by atoms with Crippen LogP contribution >= 0.6 is 0 Å². The number of hydrogen-bond acceptors (Lipinski definition) is 2. The van der Waals surface area contributed by atoms with Gasteiger partial charge in [-0.2, -0.15) is 26.3 Å². The van der Waals surface area contributed by atoms with E-state index in [1.54, 1.807) is 13.0 Å². The zero-order valence-corrected chi connectivity index (χ0v) is 12.2. The number of aliphatic imine (C=N–C) groups is 1. The highest BCUT2D eigenvalue weighted by atomic mass is 19.4. The molecule has 0 aliphatic heterocycles. The molecule has 0 fully saturated rings. The minimum atomic E-state index is -4.86. The Kier molecular flexibility index (Phi) is 4.59. The minimum Gasteiger partial charge on any atom is -0.507 e. The lowest BCUT2D eigenvalue weighted by molar-refractivity contribution is -0.140. The summed E-state index contributed by atoms with van der Waals surface area (Å²) in [5.74, 6) is -0.207. The quantitative estimate of drug-likeness (QED) is 0.566. The van der Waals surface area contributed by atoms with Gasteiger partial charge < -0.3 is 5.11 Å². The first-order valence-corrected chi connectivity index (χ1v) is 6.61. The lowest BCUT2D eigenvalue weighted by Gasteiger charge is -2.13. The van der Waals surface area contributed by atoms with E-state index >= 15 is 0 Å². The first kappa shape index (κ1) is 17.8. The smallest absolute Gasteiger partial charge is 0.418 e. The molecule has 0 amide bonds. The first-order valence-electron chi connectivity index (χ1n) is 6.61. The highest BCUT2D eigenvalue weighted by Crippen LogP contribution is 2.40. The van der Waals surface area contributed by atoms with Crippen LogP contribution in [0.4, 0.5) is 32.0 Å². The van der Waals surface area contributed by atoms with Gasteiger partial charge in [0.1, 0.15) is 5.75 Å². The molecule has 0 aromatic heterocycles. The van der Waals surface area contributed by atoms with E-state index in [2.05, 4.69) is 4.99 Å². The summed E-state index contributed by atoms with van der Waals surface area (Å²) in [4.78, 5) is 3.51. The standard InChI is InChI=1S/C16H11F6NO/c1-9-3-2-4-10(14(9)24)8-23-13-7-11(15(17,18)19)5-6-12(13)16(20,21)22/h2-8,24H,1H3. The van der Waals surface area contributed by atoms with Crippen molar-refractivity contribution in [3.05, 3.63) is 58.7 Å². The van der Waals surface area contributed by atoms with Crippen molar-refractivity contribution in [1.29, 1.82) is 0 Å². The number of aryl methyl sites for hydroxylation is 1. The van der Waals surface area contributed by atoms with E-state index in [1.165, 1.54) is 12.1 Å². The van der Waals surface area contributed by atoms with Gasteiger partial charge in [0.05, 0.1) is 16.8 Å². The summed E-state index contributed by atoms with van der Waals surface area (Å²) >= 11 is 0. The van der Waals surface area contributed by atoms with Crippen LogP contribution in [0, 0.1) is 6.92 Å². The van der Waals surface area contributed by atoms with Crippen molar-refractivity contribution in [2.24, 2.45) is 4.99 Å². The number of hydrogen-bond donors (Lipinski definition) is 1. The van der Waals surface area contributed by atoms with Crippen LogP contribution in [0.25, 0.3) is 0 Å². The lowest BCUT2D eigenvalue weighted by Crippen LogP contribution is -2.09. The number of phenols is 1. The molecule has 0 spiro atoms. The fourth-order valence-electron chi connectivity index (χ4n) is 1.98. The van der Waals surface area contributed by atoms with E-state index < -0.39 is 29.2 Å². The zero-order chi connectivity index (χ0) is 18.1. The topological polar surface area (TPSA) is 32.6 Å². The minimum absolute atomic E-state index is 0.0977. The second-order valence-electron chi connectivity index (χ2n) is 5.00. The number of rotatable bonds is 2. The SMILES string of the molecule is Cc1cccc(C=Nc2cc(C(F)(F)F)ccc2C(F)(F)F)c1O. The molecular formula is C16H11F6NO. The fraction of sp³-hybridized carbons (Fsp3) is 0.188. The van der Waals surface area contributed by atoms with Crippen LogP contribution in [0.1, 0.15) is 22.3 Å². The molecule has 0 saturated carbocycles. The third-order valence-corrected chi connectivity index (χ3v) is 3.24. The van der Waals surface area contributed by atoms with Gasteiger partial charge in [-0.05, 0) is 36.8 Å². The van der Waals surface area contributed by atoms with E-state index in [4.69, 9.17) is 0 Å². The molecule has 8 heteroatoms. The van der Waals surface area contributed by atoms with Gasteiger partial charge in [-0.1, -0.05) is 12.1 Å². The maximum absolute atomic E-state index is 12.9. The summed E-state index contributed by atoms with van der Waals surface area (Å²) in [5, 5.41) is 9.80. The van der Waals surface area contributed by atoms with Crippen LogP contribution in [0.2, 0.25) is 0 Å². The second kappa shape index (κ2) is 6.18. The molecule has 0 aliphatic rings. The van der Waals surface area contributed by atoms with E-state index in [0.29, 0.717) is 23.8 Å². The second-order valence-corrected chi connectivity index (χ2v) is 5.00. The van der Waals surface area contributed by atoms with Gasteiger partial charge in [0, 0.05) is 11.8 Å². The molecule has 0 heterocycles. The van der Waals surface area contributed by atoms with Crippen molar-refractivity contribution in [3.63, 3.8) is 0 Å². The van der Waals surface area contributed by atoms with Gasteiger partial charge in [-0.3, -0.25) is 4.99 Å². The molecule has 2 aromatic rings. The molecule has 128 valence electrons. The Morgan fingerprint density at radius 3 is 2.21 bits per heavy atom. The van der Waals surface area contributed by atoms with Crippen LogP contribution in [-0.2, 0) is 12.4 Å². The molecule has 0 aliphatic carbocycles. The normalized spacial score (nSPS) is 12.8. The zero-order valence-electron chi connectivity index (χ0n) is 12.2. The predicted octanol–water partition coefficient (Wildman–Crippen LogP) is 5.49. The molecule has 0 atom stereocenters. The average Bonchev–Trinajstić information content (AvgIpc) is 2.46. The number of alkyl halides is 6. The maximum atomic E-state index is 12.9. The summed E-state index contributed by atoms with van der Waals surface area (Å²) in [6.07, 6.45) is -8.75. The third kappa shape index (κ3) is 3.87. The lowest BCUT2D eigenvalue weighted by atomic mass is 10.1. The highest BCUT2D eigenvalue weighted by Gasteiger charge is 2.37. The van der Waals surface area contributed by atoms with E-state index in [-0.39, 0.29) is 11.3 Å². The van der Waals surface area contributed by atoms with Crippen molar-refractivity contribution in [2.45, 2.75) is 19.3 Å². The Balaban J connectivity index is 2.54. The summed E-state index contributed by atoms with van der Waals surface area (Å²) in [5.41, 5.74) is -2.85. The number of aromatic hydroxyl groups is 1. The molecule has 1 N–H and O–H groups in total. The van der Waals surface area contributed by atoms with Gasteiger partial charge in [-0.15, -0.1) is 0 Å². The molecular weight excluding hydrogens is 336 g/mol. The molecule has 0 unspecified atom stereocenters. The number of nitrogens with zero attached hydrogens (tertiary/aromatic N) is 1. The van der Waals surface area contributed by atoms with E-state index in [1.807, 2.05) is 0 Å². The van der Waals surface area contributed by atoms with Gasteiger partial charge in [0.15, 0.2) is 0 Å². The first-order chi connectivity index (χ1) is 11.0. The van der Waals surface area contributed by atoms with Crippen LogP contribution in [0.15, 0.2) is 41.4 Å². The average molecular weight is 347 g/mol. The van der Waals surface area contributed by atoms with Gasteiger partial charge in [-0.25, -0.2) is 0 Å². The van der Waals surface area contributed by atoms with Gasteiger partial charge in [0.2, 0.25) is 0 Å². The highest BCUT2D eigenvalue weighted by molar-refractivity contribution is 5.86. The van der Waals surface area contributed by atoms with Crippen molar-refractivity contribution >= 4 is 11.9 Å². The van der Waals surface area contributed by atoms with Crippen LogP contribution < -0.4 is 0 Å². The summed E-state index contributed by atoms with van der Waals surface area (Å²) in [6, 6.07) is 5.50. The Bertz CT molecular complexity index is 777. The molecule has 2 rings (SSSR count). The summed E-state index contributed by atoms with van der Waals surface area (Å²) in [6.45, 7) is 1.57. The molecule has 0 bridgehead atoms. The van der Waals surface area contributed by atoms with Gasteiger partial charge >= 0.3 is 12.4 Å². The Labute approximate surface area is 133 Å². The molecule has 0 radical (unpaired) electrons. The number of halogens is 6. The Hall–Kier alpha value is -2.51. The molecule has 0 saturated heterocycles. The number of phenolic OH excluding ortho intramolecular Hbond substituents is 1. The summed E-state index contributed by atoms with van der Waals surface area (Å²) in [7, 11) is 0. The largest absolute Gasteiger partial charge is 0.507 e. The van der Waals surface area contributed by atoms with Crippen molar-refractivity contribution in [1.82, 2.24) is 0 Å². The molecule has 2 nitrogen and oxygen atoms in total. The van der Waals surface area contributed by atoms with Crippen LogP contribution in [-0.4, -0.2) is 11.3 Å². The molecule has 2 aromatic carbocycles. The summed E-state index contributed by atoms with van der Waals surface area (Å²) < 4.78 is 76.9. The van der Waals surface area contributed by atoms with Crippen molar-refractivity contribution < 1.29 is 31.4 Å². The third-order valence-electron chi connectivity index (χ3n) is 3.24.